The molecule has 1 aromatic rings. The number of hydrogen-bond acceptors (Lipinski definition) is 2. The average Bonchev–Trinajstić information content (AvgIpc) is 2.13. The topological polar surface area (TPSA) is 12.0 Å². The highest BCUT2D eigenvalue weighted by Crippen LogP contribution is 2.12. The van der Waals surface area contributed by atoms with E-state index in [2.05, 4.69) is 5.32 Å². The third kappa shape index (κ3) is 4.29. The summed E-state index contributed by atoms with van der Waals surface area (Å²) in [6, 6.07) is 6.77. The molecular weight excluding hydrogens is 185 g/mol. The van der Waals surface area contributed by atoms with Gasteiger partial charge in [0.15, 0.2) is 0 Å². The maximum absolute atomic E-state index is 12.7. The molecule has 0 aromatic heterocycles. The summed E-state index contributed by atoms with van der Waals surface area (Å²) in [6.45, 7) is 1.000. The number of thioether (sulfide) groups is 1. The van der Waals surface area contributed by atoms with Crippen LogP contribution in [0.4, 0.5) is 4.39 Å². The van der Waals surface area contributed by atoms with Gasteiger partial charge in [0.1, 0.15) is 5.82 Å². The van der Waals surface area contributed by atoms with E-state index in [-0.39, 0.29) is 5.82 Å². The van der Waals surface area contributed by atoms with Gasteiger partial charge in [0.2, 0.25) is 0 Å². The fraction of sp³-hybridized carbons (Fsp3) is 0.400. The predicted molar refractivity (Wildman–Crippen MR) is 56.5 cm³/mol. The van der Waals surface area contributed by atoms with Crippen LogP contribution in [0.5, 0.6) is 0 Å². The van der Waals surface area contributed by atoms with Crippen LogP contribution >= 0.6 is 11.8 Å². The van der Waals surface area contributed by atoms with Crippen LogP contribution in [0.2, 0.25) is 0 Å². The lowest BCUT2D eigenvalue weighted by atomic mass is 10.2. The molecule has 0 aliphatic rings. The van der Waals surface area contributed by atoms with Gasteiger partial charge in [-0.15, -0.1) is 0 Å². The Morgan fingerprint density at radius 3 is 3.00 bits per heavy atom. The third-order valence-corrected chi connectivity index (χ3v) is 2.68. The highest BCUT2D eigenvalue weighted by molar-refractivity contribution is 7.98. The standard InChI is InChI=1S/C10H14FNS/c1-12-5-6-13-8-9-3-2-4-10(11)7-9/h2-4,7,12H,5-6,8H2,1H3. The minimum atomic E-state index is -0.147. The summed E-state index contributed by atoms with van der Waals surface area (Å²) in [4.78, 5) is 0. The highest BCUT2D eigenvalue weighted by Gasteiger charge is 1.94. The van der Waals surface area contributed by atoms with Gasteiger partial charge < -0.3 is 5.32 Å². The molecule has 0 atom stereocenters. The lowest BCUT2D eigenvalue weighted by molar-refractivity contribution is 0.626. The first-order chi connectivity index (χ1) is 6.33. The fourth-order valence-electron chi connectivity index (χ4n) is 0.991. The molecule has 0 amide bonds. The minimum absolute atomic E-state index is 0.147. The van der Waals surface area contributed by atoms with Crippen molar-refractivity contribution in [2.24, 2.45) is 0 Å². The summed E-state index contributed by atoms with van der Waals surface area (Å²) >= 11 is 1.81. The van der Waals surface area contributed by atoms with Gasteiger partial charge in [0, 0.05) is 18.1 Å². The molecule has 0 spiro atoms. The monoisotopic (exact) mass is 199 g/mol. The Hall–Kier alpha value is -0.540. The Morgan fingerprint density at radius 1 is 1.46 bits per heavy atom. The smallest absolute Gasteiger partial charge is 0.123 e. The Kier molecular flexibility index (Phi) is 4.86. The first-order valence-corrected chi connectivity index (χ1v) is 5.45. The van der Waals surface area contributed by atoms with Gasteiger partial charge in [-0.2, -0.15) is 11.8 Å². The number of nitrogens with one attached hydrogen (secondary N) is 1. The van der Waals surface area contributed by atoms with Crippen LogP contribution in [-0.4, -0.2) is 19.3 Å². The van der Waals surface area contributed by atoms with Crippen molar-refractivity contribution in [1.82, 2.24) is 5.32 Å². The van der Waals surface area contributed by atoms with Crippen molar-refractivity contribution in [3.63, 3.8) is 0 Å². The zero-order valence-corrected chi connectivity index (χ0v) is 8.53. The van der Waals surface area contributed by atoms with E-state index in [0.717, 1.165) is 23.6 Å². The first kappa shape index (κ1) is 10.5. The zero-order chi connectivity index (χ0) is 9.52. The lowest BCUT2D eigenvalue weighted by Gasteiger charge is -2.01. The summed E-state index contributed by atoms with van der Waals surface area (Å²) in [5.74, 6) is 1.80. The van der Waals surface area contributed by atoms with E-state index < -0.39 is 0 Å². The summed E-state index contributed by atoms with van der Waals surface area (Å²) in [7, 11) is 1.93. The van der Waals surface area contributed by atoms with Crippen molar-refractivity contribution in [2.45, 2.75) is 5.75 Å². The molecule has 1 rings (SSSR count). The molecule has 0 saturated heterocycles. The van der Waals surface area contributed by atoms with Crippen molar-refractivity contribution in [3.8, 4) is 0 Å². The summed E-state index contributed by atoms with van der Waals surface area (Å²) < 4.78 is 12.7. The fourth-order valence-corrected chi connectivity index (χ4v) is 1.90. The molecule has 0 heterocycles. The molecule has 0 radical (unpaired) electrons. The maximum Gasteiger partial charge on any atom is 0.123 e. The molecule has 13 heavy (non-hydrogen) atoms. The SMILES string of the molecule is CNCCSCc1cccc(F)c1. The lowest BCUT2D eigenvalue weighted by Crippen LogP contribution is -2.09. The number of rotatable bonds is 5. The molecular formula is C10H14FNS. The molecule has 0 aliphatic heterocycles. The molecule has 1 nitrogen and oxygen atoms in total. The van der Waals surface area contributed by atoms with Gasteiger partial charge in [-0.1, -0.05) is 12.1 Å². The van der Waals surface area contributed by atoms with Crippen LogP contribution in [0.25, 0.3) is 0 Å². The Morgan fingerprint density at radius 2 is 2.31 bits per heavy atom. The van der Waals surface area contributed by atoms with Gasteiger partial charge in [-0.25, -0.2) is 4.39 Å². The van der Waals surface area contributed by atoms with Gasteiger partial charge in [0.05, 0.1) is 0 Å². The zero-order valence-electron chi connectivity index (χ0n) is 7.72. The van der Waals surface area contributed by atoms with Crippen molar-refractivity contribution >= 4 is 11.8 Å². The second kappa shape index (κ2) is 6.00. The largest absolute Gasteiger partial charge is 0.319 e. The maximum atomic E-state index is 12.7. The molecule has 1 N–H and O–H groups in total. The molecule has 0 unspecified atom stereocenters. The summed E-state index contributed by atoms with van der Waals surface area (Å²) in [5.41, 5.74) is 1.06. The first-order valence-electron chi connectivity index (χ1n) is 4.29. The van der Waals surface area contributed by atoms with E-state index in [1.807, 2.05) is 24.9 Å². The second-order valence-electron chi connectivity index (χ2n) is 2.79. The quantitative estimate of drug-likeness (QED) is 0.730. The molecule has 3 heteroatoms. The highest BCUT2D eigenvalue weighted by atomic mass is 32.2. The van der Waals surface area contributed by atoms with E-state index in [9.17, 15) is 4.39 Å². The van der Waals surface area contributed by atoms with E-state index >= 15 is 0 Å². The average molecular weight is 199 g/mol. The van der Waals surface area contributed by atoms with E-state index in [0.29, 0.717) is 0 Å². The number of hydrogen-bond donors (Lipinski definition) is 1. The van der Waals surface area contributed by atoms with E-state index in [1.165, 1.54) is 6.07 Å². The molecule has 0 saturated carbocycles. The number of benzene rings is 1. The second-order valence-corrected chi connectivity index (χ2v) is 3.89. The van der Waals surface area contributed by atoms with Crippen LogP contribution in [0.3, 0.4) is 0 Å². The Balaban J connectivity index is 2.28. The molecule has 1 aromatic carbocycles. The van der Waals surface area contributed by atoms with Crippen molar-refractivity contribution in [2.75, 3.05) is 19.3 Å². The van der Waals surface area contributed by atoms with Crippen LogP contribution < -0.4 is 5.32 Å². The molecule has 0 fully saturated rings. The van der Waals surface area contributed by atoms with Gasteiger partial charge in [-0.05, 0) is 24.7 Å². The normalized spacial score (nSPS) is 10.3. The third-order valence-electron chi connectivity index (χ3n) is 1.65. The van der Waals surface area contributed by atoms with E-state index in [4.69, 9.17) is 0 Å². The minimum Gasteiger partial charge on any atom is -0.319 e. The van der Waals surface area contributed by atoms with E-state index in [1.54, 1.807) is 12.1 Å². The Bertz CT molecular complexity index is 252. The van der Waals surface area contributed by atoms with Crippen LogP contribution in [0, 0.1) is 5.82 Å². The molecule has 0 aliphatic carbocycles. The van der Waals surface area contributed by atoms with Crippen LogP contribution in [0.15, 0.2) is 24.3 Å². The molecule has 0 bridgehead atoms. The predicted octanol–water partition coefficient (Wildman–Crippen LogP) is 2.28. The Labute approximate surface area is 82.7 Å². The molecule has 72 valence electrons. The summed E-state index contributed by atoms with van der Waals surface area (Å²) in [5, 5.41) is 3.07. The van der Waals surface area contributed by atoms with Gasteiger partial charge >= 0.3 is 0 Å². The summed E-state index contributed by atoms with van der Waals surface area (Å²) in [6.07, 6.45) is 0. The van der Waals surface area contributed by atoms with Gasteiger partial charge in [0.25, 0.3) is 0 Å². The number of halogens is 1. The van der Waals surface area contributed by atoms with Crippen LogP contribution in [0.1, 0.15) is 5.56 Å². The van der Waals surface area contributed by atoms with Crippen LogP contribution in [-0.2, 0) is 5.75 Å². The van der Waals surface area contributed by atoms with Crippen molar-refractivity contribution in [1.29, 1.82) is 0 Å². The van der Waals surface area contributed by atoms with Crippen molar-refractivity contribution < 1.29 is 4.39 Å². The van der Waals surface area contributed by atoms with Gasteiger partial charge in [-0.3, -0.25) is 0 Å². The van der Waals surface area contributed by atoms with Crippen molar-refractivity contribution in [3.05, 3.63) is 35.6 Å².